The molecule has 0 aliphatic heterocycles. The molecule has 0 aliphatic rings. The average Bonchev–Trinajstić information content (AvgIpc) is 2.58. The van der Waals surface area contributed by atoms with Crippen molar-refractivity contribution in [3.63, 3.8) is 0 Å². The van der Waals surface area contributed by atoms with Crippen molar-refractivity contribution >= 4 is 9.12 Å². The van der Waals surface area contributed by atoms with Gasteiger partial charge in [0.1, 0.15) is 0 Å². The fraction of sp³-hybridized carbons (Fsp3) is 0.143. The van der Waals surface area contributed by atoms with Crippen molar-refractivity contribution in [2.45, 2.75) is 20.8 Å². The molecule has 0 saturated carbocycles. The lowest BCUT2D eigenvalue weighted by molar-refractivity contribution is 0.607. The van der Waals surface area contributed by atoms with Crippen LogP contribution in [-0.4, -0.2) is 0 Å². The van der Waals surface area contributed by atoms with E-state index in [9.17, 15) is 0 Å². The molecule has 0 spiro atoms. The van der Waals surface area contributed by atoms with Crippen molar-refractivity contribution in [3.8, 4) is 22.3 Å². The third kappa shape index (κ3) is 3.57. The highest BCUT2D eigenvalue weighted by atomic mass is 31.0. The molecule has 0 bridgehead atoms. The molecular formula is C21H22OP+. The molecule has 1 atom stereocenters. The summed E-state index contributed by atoms with van der Waals surface area (Å²) < 4.78 is 8.17. The van der Waals surface area contributed by atoms with Crippen LogP contribution in [0.1, 0.15) is 16.7 Å². The monoisotopic (exact) mass is 321 g/mol. The van der Waals surface area contributed by atoms with Gasteiger partial charge >= 0.3 is 9.12 Å². The third-order valence-electron chi connectivity index (χ3n) is 4.10. The topological polar surface area (TPSA) is 17.1 Å². The van der Waals surface area contributed by atoms with Gasteiger partial charge in [-0.25, -0.2) is 0 Å². The lowest BCUT2D eigenvalue weighted by Crippen LogP contribution is -1.95. The highest BCUT2D eigenvalue weighted by Crippen LogP contribution is 2.36. The van der Waals surface area contributed by atoms with E-state index in [4.69, 9.17) is 4.57 Å². The fourth-order valence-electron chi connectivity index (χ4n) is 3.28. The highest BCUT2D eigenvalue weighted by Gasteiger charge is 2.13. The molecule has 3 aromatic rings. The molecule has 0 saturated heterocycles. The average molecular weight is 321 g/mol. The number of aryl methyl sites for hydroxylation is 2. The zero-order chi connectivity index (χ0) is 16.8. The maximum Gasteiger partial charge on any atom is 0.310 e. The van der Waals surface area contributed by atoms with E-state index in [1.165, 1.54) is 48.1 Å². The molecule has 0 aromatic heterocycles. The normalized spacial score (nSPS) is 9.87. The van der Waals surface area contributed by atoms with Crippen molar-refractivity contribution in [3.05, 3.63) is 83.4 Å². The van der Waals surface area contributed by atoms with Gasteiger partial charge in [0.15, 0.2) is 0 Å². The van der Waals surface area contributed by atoms with Crippen molar-refractivity contribution in [1.29, 1.82) is 0 Å². The molecule has 116 valence electrons. The van der Waals surface area contributed by atoms with Crippen molar-refractivity contribution in [2.75, 3.05) is 0 Å². The highest BCUT2D eigenvalue weighted by molar-refractivity contribution is 7.00. The molecule has 0 heterocycles. The third-order valence-corrected chi connectivity index (χ3v) is 4.10. The second-order valence-electron chi connectivity index (χ2n) is 5.62. The van der Waals surface area contributed by atoms with Gasteiger partial charge < -0.3 is 0 Å². The summed E-state index contributed by atoms with van der Waals surface area (Å²) in [7, 11) is 1.17. The van der Waals surface area contributed by atoms with Crippen LogP contribution < -0.4 is 0 Å². The van der Waals surface area contributed by atoms with Crippen LogP contribution in [0.4, 0.5) is 0 Å². The standard InChI is InChI=1S/C21H20.H2OP/c1-15-14-16(2)21(19-12-8-5-9-13-19)17(3)20(15)18-10-6-4-7-11-18;1-2/h4-14H,1-3H3;2H2/q;+1. The van der Waals surface area contributed by atoms with E-state index in [1.54, 1.807) is 0 Å². The molecular weight excluding hydrogens is 299 g/mol. The second-order valence-corrected chi connectivity index (χ2v) is 5.62. The maximum atomic E-state index is 8.17. The van der Waals surface area contributed by atoms with Crippen LogP contribution in [0.15, 0.2) is 66.7 Å². The van der Waals surface area contributed by atoms with Gasteiger partial charge in [0.25, 0.3) is 0 Å². The fourth-order valence-corrected chi connectivity index (χ4v) is 3.28. The molecule has 0 aliphatic carbocycles. The predicted octanol–water partition coefficient (Wildman–Crippen LogP) is 6.15. The first-order chi connectivity index (χ1) is 11.2. The summed E-state index contributed by atoms with van der Waals surface area (Å²) in [6.45, 7) is 6.65. The summed E-state index contributed by atoms with van der Waals surface area (Å²) >= 11 is 0. The van der Waals surface area contributed by atoms with E-state index in [0.717, 1.165) is 0 Å². The first-order valence-corrected chi connectivity index (χ1v) is 8.11. The van der Waals surface area contributed by atoms with Crippen LogP contribution in [0.25, 0.3) is 22.3 Å². The Morgan fingerprint density at radius 3 is 1.30 bits per heavy atom. The Morgan fingerprint density at radius 1 is 0.609 bits per heavy atom. The lowest BCUT2D eigenvalue weighted by atomic mass is 9.86. The minimum absolute atomic E-state index is 1.17. The molecule has 0 radical (unpaired) electrons. The van der Waals surface area contributed by atoms with E-state index >= 15 is 0 Å². The first-order valence-electron chi connectivity index (χ1n) is 7.63. The van der Waals surface area contributed by atoms with Crippen molar-refractivity contribution in [1.82, 2.24) is 0 Å². The van der Waals surface area contributed by atoms with E-state index < -0.39 is 0 Å². The Balaban J connectivity index is 0.000000924. The van der Waals surface area contributed by atoms with Gasteiger partial charge in [-0.15, -0.1) is 0 Å². The van der Waals surface area contributed by atoms with Crippen LogP contribution in [0.5, 0.6) is 0 Å². The summed E-state index contributed by atoms with van der Waals surface area (Å²) in [5.74, 6) is 0. The Morgan fingerprint density at radius 2 is 0.957 bits per heavy atom. The summed E-state index contributed by atoms with van der Waals surface area (Å²) in [5, 5.41) is 0. The SMILES string of the molecule is Cc1cc(C)c(-c2ccccc2)c(C)c1-c1ccccc1.O=[PH2+]. The lowest BCUT2D eigenvalue weighted by Gasteiger charge is -2.18. The van der Waals surface area contributed by atoms with E-state index in [2.05, 4.69) is 87.5 Å². The molecule has 2 heteroatoms. The van der Waals surface area contributed by atoms with Gasteiger partial charge in [-0.1, -0.05) is 71.3 Å². The first kappa shape index (κ1) is 17.1. The summed E-state index contributed by atoms with van der Waals surface area (Å²) in [5.41, 5.74) is 9.37. The Hall–Kier alpha value is -2.24. The van der Waals surface area contributed by atoms with Crippen LogP contribution in [0.3, 0.4) is 0 Å². The predicted molar refractivity (Wildman–Crippen MR) is 102 cm³/mol. The summed E-state index contributed by atoms with van der Waals surface area (Å²) in [4.78, 5) is 0. The van der Waals surface area contributed by atoms with Gasteiger partial charge in [0, 0.05) is 0 Å². The van der Waals surface area contributed by atoms with Gasteiger partial charge in [-0.2, -0.15) is 0 Å². The zero-order valence-electron chi connectivity index (χ0n) is 13.8. The van der Waals surface area contributed by atoms with Crippen molar-refractivity contribution in [2.24, 2.45) is 0 Å². The Kier molecular flexibility index (Phi) is 5.84. The van der Waals surface area contributed by atoms with Crippen LogP contribution in [0.2, 0.25) is 0 Å². The molecule has 0 fully saturated rings. The quantitative estimate of drug-likeness (QED) is 0.517. The minimum Gasteiger partial charge on any atom is -0.0801 e. The second kappa shape index (κ2) is 7.85. The van der Waals surface area contributed by atoms with Gasteiger partial charge in [-0.3, -0.25) is 0 Å². The molecule has 3 aromatic carbocycles. The molecule has 3 rings (SSSR count). The number of rotatable bonds is 2. The van der Waals surface area contributed by atoms with Gasteiger partial charge in [-0.05, 0) is 59.7 Å². The number of hydrogen-bond acceptors (Lipinski definition) is 1. The molecule has 0 amide bonds. The number of hydrogen-bond donors (Lipinski definition) is 0. The Labute approximate surface area is 140 Å². The van der Waals surface area contributed by atoms with Crippen molar-refractivity contribution < 1.29 is 4.57 Å². The maximum absolute atomic E-state index is 8.17. The van der Waals surface area contributed by atoms with Crippen LogP contribution in [0, 0.1) is 20.8 Å². The summed E-state index contributed by atoms with van der Waals surface area (Å²) in [6.07, 6.45) is 0. The molecule has 23 heavy (non-hydrogen) atoms. The van der Waals surface area contributed by atoms with Gasteiger partial charge in [0.2, 0.25) is 0 Å². The number of benzene rings is 3. The minimum atomic E-state index is 1.17. The van der Waals surface area contributed by atoms with E-state index in [-0.39, 0.29) is 0 Å². The summed E-state index contributed by atoms with van der Waals surface area (Å²) in [6, 6.07) is 23.6. The van der Waals surface area contributed by atoms with Gasteiger partial charge in [0.05, 0.1) is 0 Å². The zero-order valence-corrected chi connectivity index (χ0v) is 15.0. The largest absolute Gasteiger partial charge is 0.310 e. The molecule has 1 unspecified atom stereocenters. The van der Waals surface area contributed by atoms with E-state index in [0.29, 0.717) is 0 Å². The Bertz CT molecular complexity index is 716. The van der Waals surface area contributed by atoms with Crippen LogP contribution in [-0.2, 0) is 4.57 Å². The molecule has 0 N–H and O–H groups in total. The smallest absolute Gasteiger partial charge is 0.0801 e. The van der Waals surface area contributed by atoms with E-state index in [1.807, 2.05) is 0 Å². The van der Waals surface area contributed by atoms with Crippen LogP contribution >= 0.6 is 9.12 Å². The molecule has 1 nitrogen and oxygen atoms in total.